The number of likely N-dealkylation sites (tertiary alicyclic amines) is 1. The number of thiazole rings is 1. The van der Waals surface area contributed by atoms with Crippen molar-refractivity contribution in [2.24, 2.45) is 0 Å². The first-order valence-corrected chi connectivity index (χ1v) is 14.6. The second-order valence-corrected chi connectivity index (χ2v) is 11.4. The van der Waals surface area contributed by atoms with Gasteiger partial charge in [0.05, 0.1) is 17.9 Å². The summed E-state index contributed by atoms with van der Waals surface area (Å²) in [5, 5.41) is 11.8. The monoisotopic (exact) mass is 552 g/mol. The van der Waals surface area contributed by atoms with Gasteiger partial charge >= 0.3 is 0 Å². The van der Waals surface area contributed by atoms with Crippen LogP contribution >= 0.6 is 11.3 Å². The Morgan fingerprint density at radius 3 is 2.67 bits per heavy atom. The Morgan fingerprint density at radius 2 is 1.90 bits per heavy atom. The summed E-state index contributed by atoms with van der Waals surface area (Å²) in [5.41, 5.74) is 3.68. The number of amides is 1. The van der Waals surface area contributed by atoms with Gasteiger partial charge in [-0.1, -0.05) is 37.3 Å². The molecule has 5 heterocycles. The molecule has 0 radical (unpaired) electrons. The predicted octanol–water partition coefficient (Wildman–Crippen LogP) is 6.44. The van der Waals surface area contributed by atoms with Gasteiger partial charge in [0.1, 0.15) is 22.7 Å². The third-order valence-corrected chi connectivity index (χ3v) is 8.49. The predicted molar refractivity (Wildman–Crippen MR) is 149 cm³/mol. The Morgan fingerprint density at radius 1 is 1.07 bits per heavy atom. The van der Waals surface area contributed by atoms with E-state index in [1.54, 1.807) is 29.7 Å². The number of oxazole rings is 1. The highest BCUT2D eigenvalue weighted by molar-refractivity contribution is 7.09. The molecule has 9 nitrogen and oxygen atoms in total. The zero-order chi connectivity index (χ0) is 27.1. The van der Waals surface area contributed by atoms with Crippen molar-refractivity contribution in [2.75, 3.05) is 6.54 Å². The van der Waals surface area contributed by atoms with Crippen LogP contribution in [0.15, 0.2) is 69.1 Å². The molecule has 1 saturated heterocycles. The summed E-state index contributed by atoms with van der Waals surface area (Å²) in [7, 11) is 0. The van der Waals surface area contributed by atoms with Crippen molar-refractivity contribution in [3.05, 3.63) is 88.0 Å². The molecule has 1 aliphatic heterocycles. The van der Waals surface area contributed by atoms with Crippen LogP contribution in [0.3, 0.4) is 0 Å². The average molecular weight is 553 g/mol. The Bertz CT molecular complexity index is 1630. The number of hydrogen-bond acceptors (Lipinski definition) is 9. The number of nitrogens with zero attached hydrogens (tertiary/aromatic N) is 6. The van der Waals surface area contributed by atoms with Crippen LogP contribution in [0.5, 0.6) is 0 Å². The summed E-state index contributed by atoms with van der Waals surface area (Å²) in [4.78, 5) is 29.7. The molecule has 0 bridgehead atoms. The maximum atomic E-state index is 14.0. The summed E-state index contributed by atoms with van der Waals surface area (Å²) < 4.78 is 11.6. The highest BCUT2D eigenvalue weighted by Crippen LogP contribution is 2.43. The van der Waals surface area contributed by atoms with Crippen molar-refractivity contribution in [3.8, 4) is 23.2 Å². The van der Waals surface area contributed by atoms with Gasteiger partial charge in [-0.25, -0.2) is 15.0 Å². The largest absolute Gasteiger partial charge is 0.443 e. The molecule has 4 aromatic heterocycles. The highest BCUT2D eigenvalue weighted by Gasteiger charge is 2.35. The van der Waals surface area contributed by atoms with Crippen LogP contribution in [0.4, 0.5) is 0 Å². The fourth-order valence-electron chi connectivity index (χ4n) is 5.27. The Balaban J connectivity index is 1.19. The van der Waals surface area contributed by atoms with Crippen LogP contribution < -0.4 is 0 Å². The lowest BCUT2D eigenvalue weighted by molar-refractivity contribution is 0.0735. The van der Waals surface area contributed by atoms with Crippen molar-refractivity contribution >= 4 is 17.2 Å². The topological polar surface area (TPSA) is 111 Å². The van der Waals surface area contributed by atoms with Gasteiger partial charge in [-0.2, -0.15) is 0 Å². The number of hydrogen-bond donors (Lipinski definition) is 0. The van der Waals surface area contributed by atoms with E-state index in [9.17, 15) is 4.79 Å². The van der Waals surface area contributed by atoms with Gasteiger partial charge in [-0.15, -0.1) is 21.5 Å². The SMILES string of the molecule is CC(Cc1ccccc1)c1nnc(-c2cc(C(=O)N3CCCC3c3nc(C4CC4)cs3)cc(-c3ncco3)n2)o1. The molecule has 2 aliphatic rings. The molecule has 40 heavy (non-hydrogen) atoms. The first-order valence-electron chi connectivity index (χ1n) is 13.7. The number of carbonyl (C=O) groups is 1. The number of pyridine rings is 1. The summed E-state index contributed by atoms with van der Waals surface area (Å²) in [6.45, 7) is 2.73. The van der Waals surface area contributed by atoms with Gasteiger partial charge < -0.3 is 13.7 Å². The zero-order valence-corrected chi connectivity index (χ0v) is 22.9. The van der Waals surface area contributed by atoms with E-state index in [1.165, 1.54) is 30.4 Å². The molecule has 10 heteroatoms. The second-order valence-electron chi connectivity index (χ2n) is 10.5. The average Bonchev–Trinajstić information content (AvgIpc) is 3.51. The standard InChI is InChI=1S/C30H28N6O3S/c1-18(14-19-6-3-2-4-7-19)26-34-35-28(39-26)23-16-21(15-22(32-23)27-31-11-13-38-27)30(37)36-12-5-8-25(36)29-33-24(17-40-29)20-9-10-20/h2-4,6-7,11,13,15-18,20,25H,5,8-10,12,14H2,1H3. The highest BCUT2D eigenvalue weighted by atomic mass is 32.1. The van der Waals surface area contributed by atoms with E-state index in [4.69, 9.17) is 13.8 Å². The maximum absolute atomic E-state index is 14.0. The molecule has 1 amide bonds. The van der Waals surface area contributed by atoms with Crippen LogP contribution in [-0.4, -0.2) is 42.5 Å². The van der Waals surface area contributed by atoms with Crippen molar-refractivity contribution in [1.82, 2.24) is 30.0 Å². The minimum Gasteiger partial charge on any atom is -0.443 e. The summed E-state index contributed by atoms with van der Waals surface area (Å²) >= 11 is 1.66. The van der Waals surface area contributed by atoms with E-state index < -0.39 is 0 Å². The minimum atomic E-state index is -0.0840. The van der Waals surface area contributed by atoms with Gasteiger partial charge in [-0.05, 0) is 49.8 Å². The van der Waals surface area contributed by atoms with Crippen LogP contribution in [0.2, 0.25) is 0 Å². The number of benzene rings is 1. The third kappa shape index (κ3) is 4.95. The maximum Gasteiger partial charge on any atom is 0.266 e. The molecule has 2 fully saturated rings. The van der Waals surface area contributed by atoms with E-state index >= 15 is 0 Å². The van der Waals surface area contributed by atoms with Gasteiger partial charge in [0.15, 0.2) is 0 Å². The van der Waals surface area contributed by atoms with Crippen molar-refractivity contribution in [2.45, 2.75) is 56.9 Å². The van der Waals surface area contributed by atoms with Crippen molar-refractivity contribution in [1.29, 1.82) is 0 Å². The van der Waals surface area contributed by atoms with E-state index in [0.717, 1.165) is 24.3 Å². The van der Waals surface area contributed by atoms with E-state index in [1.807, 2.05) is 23.1 Å². The zero-order valence-electron chi connectivity index (χ0n) is 22.1. The lowest BCUT2D eigenvalue weighted by Crippen LogP contribution is -2.30. The van der Waals surface area contributed by atoms with Crippen molar-refractivity contribution < 1.29 is 13.6 Å². The molecule has 2 atom stereocenters. The van der Waals surface area contributed by atoms with Gasteiger partial charge in [0.2, 0.25) is 11.8 Å². The lowest BCUT2D eigenvalue weighted by Gasteiger charge is -2.23. The smallest absolute Gasteiger partial charge is 0.266 e. The molecular weight excluding hydrogens is 524 g/mol. The first-order chi connectivity index (χ1) is 19.6. The molecule has 0 spiro atoms. The second kappa shape index (κ2) is 10.4. The van der Waals surface area contributed by atoms with Crippen LogP contribution in [0, 0.1) is 0 Å². The van der Waals surface area contributed by atoms with Gasteiger partial charge in [0.25, 0.3) is 11.8 Å². The van der Waals surface area contributed by atoms with Crippen LogP contribution in [0.1, 0.15) is 83.0 Å². The Labute approximate surface area is 235 Å². The van der Waals surface area contributed by atoms with Gasteiger partial charge in [-0.3, -0.25) is 4.79 Å². The Kier molecular flexibility index (Phi) is 6.47. The van der Waals surface area contributed by atoms with E-state index in [2.05, 4.69) is 44.6 Å². The number of carbonyl (C=O) groups excluding carboxylic acids is 1. The fraction of sp³-hybridized carbons (Fsp3) is 0.333. The van der Waals surface area contributed by atoms with Gasteiger partial charge in [0, 0.05) is 29.3 Å². The minimum absolute atomic E-state index is 0.0175. The van der Waals surface area contributed by atoms with E-state index in [0.29, 0.717) is 41.2 Å². The molecule has 2 unspecified atom stereocenters. The molecule has 0 N–H and O–H groups in total. The molecule has 1 aliphatic carbocycles. The molecule has 1 saturated carbocycles. The summed E-state index contributed by atoms with van der Waals surface area (Å²) in [6.07, 6.45) is 8.07. The van der Waals surface area contributed by atoms with Crippen LogP contribution in [0.25, 0.3) is 23.2 Å². The number of rotatable bonds is 8. The third-order valence-electron chi connectivity index (χ3n) is 7.52. The first kappa shape index (κ1) is 24.8. The molecule has 1 aromatic carbocycles. The van der Waals surface area contributed by atoms with Crippen molar-refractivity contribution in [3.63, 3.8) is 0 Å². The Hall–Kier alpha value is -4.18. The molecule has 7 rings (SSSR count). The normalized spacial score (nSPS) is 17.8. The molecule has 202 valence electrons. The lowest BCUT2D eigenvalue weighted by atomic mass is 10.0. The van der Waals surface area contributed by atoms with E-state index in [-0.39, 0.29) is 23.8 Å². The summed E-state index contributed by atoms with van der Waals surface area (Å²) in [5.74, 6) is 1.62. The van der Waals surface area contributed by atoms with Crippen LogP contribution in [-0.2, 0) is 6.42 Å². The fourth-order valence-corrected chi connectivity index (χ4v) is 6.31. The number of aromatic nitrogens is 5. The quantitative estimate of drug-likeness (QED) is 0.216. The molecular formula is C30H28N6O3S. The summed E-state index contributed by atoms with van der Waals surface area (Å²) in [6, 6.07) is 13.6. The molecule has 5 aromatic rings.